The molecule has 0 fully saturated rings. The second kappa shape index (κ2) is 6.78. The van der Waals surface area contributed by atoms with Crippen molar-refractivity contribution < 1.29 is 9.84 Å². The molecule has 1 N–H and O–H groups in total. The Hall–Kier alpha value is -1.51. The van der Waals surface area contributed by atoms with E-state index in [1.165, 1.54) is 0 Å². The molecule has 0 saturated heterocycles. The summed E-state index contributed by atoms with van der Waals surface area (Å²) in [5.41, 5.74) is 3.00. The van der Waals surface area contributed by atoms with Gasteiger partial charge in [0.25, 0.3) is 0 Å². The van der Waals surface area contributed by atoms with E-state index in [0.717, 1.165) is 22.4 Å². The second-order valence-electron chi connectivity index (χ2n) is 4.98. The first-order chi connectivity index (χ1) is 9.56. The SMILES string of the molecule is Cc1cccc(OCCC(O)c2ccc(C)c(Cl)c2)c1. The van der Waals surface area contributed by atoms with Crippen LogP contribution in [0, 0.1) is 13.8 Å². The van der Waals surface area contributed by atoms with Crippen LogP contribution in [0.1, 0.15) is 29.2 Å². The highest BCUT2D eigenvalue weighted by atomic mass is 35.5. The minimum Gasteiger partial charge on any atom is -0.493 e. The van der Waals surface area contributed by atoms with Crippen molar-refractivity contribution in [3.63, 3.8) is 0 Å². The molecule has 0 aliphatic carbocycles. The zero-order valence-electron chi connectivity index (χ0n) is 11.8. The summed E-state index contributed by atoms with van der Waals surface area (Å²) >= 11 is 6.06. The van der Waals surface area contributed by atoms with Crippen molar-refractivity contribution >= 4 is 11.6 Å². The maximum absolute atomic E-state index is 10.1. The lowest BCUT2D eigenvalue weighted by Crippen LogP contribution is -2.05. The van der Waals surface area contributed by atoms with E-state index in [-0.39, 0.29) is 0 Å². The van der Waals surface area contributed by atoms with Crippen molar-refractivity contribution in [2.45, 2.75) is 26.4 Å². The minimum atomic E-state index is -0.557. The van der Waals surface area contributed by atoms with Crippen molar-refractivity contribution in [3.05, 3.63) is 64.2 Å². The highest BCUT2D eigenvalue weighted by Crippen LogP contribution is 2.23. The van der Waals surface area contributed by atoms with Crippen LogP contribution >= 0.6 is 11.6 Å². The second-order valence-corrected chi connectivity index (χ2v) is 5.39. The lowest BCUT2D eigenvalue weighted by molar-refractivity contribution is 0.141. The van der Waals surface area contributed by atoms with Gasteiger partial charge < -0.3 is 9.84 Å². The monoisotopic (exact) mass is 290 g/mol. The molecule has 0 heterocycles. The van der Waals surface area contributed by atoms with E-state index in [0.29, 0.717) is 18.1 Å². The van der Waals surface area contributed by atoms with Crippen LogP contribution in [0.25, 0.3) is 0 Å². The van der Waals surface area contributed by atoms with Crippen molar-refractivity contribution in [2.24, 2.45) is 0 Å². The highest BCUT2D eigenvalue weighted by molar-refractivity contribution is 6.31. The van der Waals surface area contributed by atoms with E-state index in [4.69, 9.17) is 16.3 Å². The zero-order chi connectivity index (χ0) is 14.5. The van der Waals surface area contributed by atoms with Crippen molar-refractivity contribution in [3.8, 4) is 5.75 Å². The van der Waals surface area contributed by atoms with Crippen molar-refractivity contribution in [1.29, 1.82) is 0 Å². The van der Waals surface area contributed by atoms with Gasteiger partial charge in [-0.2, -0.15) is 0 Å². The van der Waals surface area contributed by atoms with E-state index in [1.54, 1.807) is 0 Å². The fraction of sp³-hybridized carbons (Fsp3) is 0.294. The molecule has 0 radical (unpaired) electrons. The first kappa shape index (κ1) is 14.9. The summed E-state index contributed by atoms with van der Waals surface area (Å²) in [6, 6.07) is 13.5. The lowest BCUT2D eigenvalue weighted by atomic mass is 10.1. The molecule has 0 aliphatic rings. The number of benzene rings is 2. The molecule has 2 aromatic rings. The van der Waals surface area contributed by atoms with Crippen LogP contribution in [0.3, 0.4) is 0 Å². The van der Waals surface area contributed by atoms with E-state index in [9.17, 15) is 5.11 Å². The standard InChI is InChI=1S/C17H19ClO2/c1-12-4-3-5-15(10-12)20-9-8-17(19)14-7-6-13(2)16(18)11-14/h3-7,10-11,17,19H,8-9H2,1-2H3. The Bertz CT molecular complexity index is 581. The molecule has 2 rings (SSSR count). The summed E-state index contributed by atoms with van der Waals surface area (Å²) in [4.78, 5) is 0. The molecular formula is C17H19ClO2. The molecule has 3 heteroatoms. The topological polar surface area (TPSA) is 29.5 Å². The van der Waals surface area contributed by atoms with Gasteiger partial charge in [0.1, 0.15) is 5.75 Å². The van der Waals surface area contributed by atoms with Gasteiger partial charge in [-0.15, -0.1) is 0 Å². The molecule has 0 saturated carbocycles. The quantitative estimate of drug-likeness (QED) is 0.881. The third-order valence-electron chi connectivity index (χ3n) is 3.23. The summed E-state index contributed by atoms with van der Waals surface area (Å²) in [7, 11) is 0. The Morgan fingerprint density at radius 3 is 2.65 bits per heavy atom. The van der Waals surface area contributed by atoms with Gasteiger partial charge in [0.2, 0.25) is 0 Å². The van der Waals surface area contributed by atoms with Gasteiger partial charge >= 0.3 is 0 Å². The number of hydrogen-bond donors (Lipinski definition) is 1. The number of rotatable bonds is 5. The summed E-state index contributed by atoms with van der Waals surface area (Å²) in [6.45, 7) is 4.44. The van der Waals surface area contributed by atoms with Crippen molar-refractivity contribution in [2.75, 3.05) is 6.61 Å². The van der Waals surface area contributed by atoms with Crippen LogP contribution in [0.2, 0.25) is 5.02 Å². The van der Waals surface area contributed by atoms with Gasteiger partial charge in [-0.05, 0) is 48.7 Å². The maximum Gasteiger partial charge on any atom is 0.119 e. The Kier molecular flexibility index (Phi) is 5.05. The number of ether oxygens (including phenoxy) is 1. The summed E-state index contributed by atoms with van der Waals surface area (Å²) in [5, 5.41) is 10.8. The molecule has 20 heavy (non-hydrogen) atoms. The van der Waals surface area contributed by atoms with E-state index < -0.39 is 6.10 Å². The Morgan fingerprint density at radius 2 is 1.95 bits per heavy atom. The molecule has 0 spiro atoms. The molecule has 2 nitrogen and oxygen atoms in total. The van der Waals surface area contributed by atoms with Crippen LogP contribution in [0.4, 0.5) is 0 Å². The average molecular weight is 291 g/mol. The number of aliphatic hydroxyl groups excluding tert-OH is 1. The largest absolute Gasteiger partial charge is 0.493 e. The van der Waals surface area contributed by atoms with E-state index in [1.807, 2.05) is 56.3 Å². The van der Waals surface area contributed by atoms with Crippen LogP contribution in [0.5, 0.6) is 5.75 Å². The summed E-state index contributed by atoms with van der Waals surface area (Å²) < 4.78 is 5.64. The molecule has 1 atom stereocenters. The van der Waals surface area contributed by atoms with Crippen molar-refractivity contribution in [1.82, 2.24) is 0 Å². The van der Waals surface area contributed by atoms with Gasteiger partial charge in [-0.25, -0.2) is 0 Å². The third kappa shape index (κ3) is 3.99. The van der Waals surface area contributed by atoms with E-state index >= 15 is 0 Å². The van der Waals surface area contributed by atoms with E-state index in [2.05, 4.69) is 0 Å². The van der Waals surface area contributed by atoms with Gasteiger partial charge in [0.05, 0.1) is 12.7 Å². The van der Waals surface area contributed by atoms with Crippen LogP contribution in [-0.2, 0) is 0 Å². The molecule has 0 amide bonds. The molecule has 106 valence electrons. The number of hydrogen-bond acceptors (Lipinski definition) is 2. The maximum atomic E-state index is 10.1. The molecule has 1 unspecified atom stereocenters. The van der Waals surface area contributed by atoms with Crippen LogP contribution < -0.4 is 4.74 Å². The molecular weight excluding hydrogens is 272 g/mol. The fourth-order valence-electron chi connectivity index (χ4n) is 1.98. The molecule has 0 aliphatic heterocycles. The fourth-order valence-corrected chi connectivity index (χ4v) is 2.17. The summed E-state index contributed by atoms with van der Waals surface area (Å²) in [6.07, 6.45) is -0.0224. The average Bonchev–Trinajstić information content (AvgIpc) is 2.42. The number of aryl methyl sites for hydroxylation is 2. The first-order valence-corrected chi connectivity index (χ1v) is 7.07. The molecule has 2 aromatic carbocycles. The minimum absolute atomic E-state index is 0.468. The first-order valence-electron chi connectivity index (χ1n) is 6.70. The smallest absolute Gasteiger partial charge is 0.119 e. The highest BCUT2D eigenvalue weighted by Gasteiger charge is 2.09. The number of aliphatic hydroxyl groups is 1. The van der Waals surface area contributed by atoms with Crippen LogP contribution in [-0.4, -0.2) is 11.7 Å². The Morgan fingerprint density at radius 1 is 1.15 bits per heavy atom. The summed E-state index contributed by atoms with van der Waals surface area (Å²) in [5.74, 6) is 0.833. The molecule has 0 aromatic heterocycles. The normalized spacial score (nSPS) is 12.2. The zero-order valence-corrected chi connectivity index (χ0v) is 12.5. The predicted molar refractivity (Wildman–Crippen MR) is 82.4 cm³/mol. The molecule has 0 bridgehead atoms. The van der Waals surface area contributed by atoms with Crippen LogP contribution in [0.15, 0.2) is 42.5 Å². The van der Waals surface area contributed by atoms with Gasteiger partial charge in [0.15, 0.2) is 0 Å². The Balaban J connectivity index is 1.88. The van der Waals surface area contributed by atoms with Gasteiger partial charge in [-0.1, -0.05) is 35.9 Å². The van der Waals surface area contributed by atoms with Gasteiger partial charge in [-0.3, -0.25) is 0 Å². The van der Waals surface area contributed by atoms with Gasteiger partial charge in [0, 0.05) is 11.4 Å². The third-order valence-corrected chi connectivity index (χ3v) is 3.64. The Labute approximate surface area is 125 Å². The predicted octanol–water partition coefficient (Wildman–Crippen LogP) is 4.46. The lowest BCUT2D eigenvalue weighted by Gasteiger charge is -2.13. The number of halogens is 1.